The van der Waals surface area contributed by atoms with Crippen LogP contribution >= 0.6 is 0 Å². The van der Waals surface area contributed by atoms with E-state index in [2.05, 4.69) is 5.32 Å². The molecule has 0 aliphatic carbocycles. The average Bonchev–Trinajstić information content (AvgIpc) is 2.54. The molecule has 0 bridgehead atoms. The number of para-hydroxylation sites is 1. The number of nitrogens with two attached hydrogens (primary N) is 1. The van der Waals surface area contributed by atoms with Gasteiger partial charge >= 0.3 is 0 Å². The van der Waals surface area contributed by atoms with E-state index in [1.54, 1.807) is 24.3 Å². The van der Waals surface area contributed by atoms with Gasteiger partial charge in [-0.25, -0.2) is 4.39 Å². The molecule has 0 heterocycles. The predicted octanol–water partition coefficient (Wildman–Crippen LogP) is 3.13. The van der Waals surface area contributed by atoms with E-state index in [0.717, 1.165) is 5.69 Å². The fourth-order valence-electron chi connectivity index (χ4n) is 1.77. The van der Waals surface area contributed by atoms with Crippen LogP contribution in [-0.2, 0) is 0 Å². The van der Waals surface area contributed by atoms with Crippen LogP contribution in [0.2, 0.25) is 0 Å². The van der Waals surface area contributed by atoms with Gasteiger partial charge in [-0.2, -0.15) is 0 Å². The smallest absolute Gasteiger partial charge is 0.255 e. The van der Waals surface area contributed by atoms with Gasteiger partial charge in [-0.1, -0.05) is 18.2 Å². The van der Waals surface area contributed by atoms with Gasteiger partial charge in [-0.15, -0.1) is 0 Å². The van der Waals surface area contributed by atoms with Crippen LogP contribution in [0.25, 0.3) is 0 Å². The minimum Gasteiger partial charge on any atom is -0.487 e. The van der Waals surface area contributed by atoms with Crippen LogP contribution in [0.5, 0.6) is 5.75 Å². The summed E-state index contributed by atoms with van der Waals surface area (Å²) in [5.74, 6) is -0.155. The lowest BCUT2D eigenvalue weighted by Gasteiger charge is -2.07. The SMILES string of the molecule is NCC=C(F)COc1ccc(C(=O)Nc2ccccc2)cc1. The standard InChI is InChI=1S/C17H17FN2O2/c18-14(10-11-19)12-22-16-8-6-13(7-9-16)17(21)20-15-4-2-1-3-5-15/h1-10H,11-12,19H2,(H,20,21). The number of halogens is 1. The maximum absolute atomic E-state index is 13.1. The molecule has 1 amide bonds. The van der Waals surface area contributed by atoms with Crippen molar-refractivity contribution in [2.24, 2.45) is 5.73 Å². The molecule has 0 aromatic heterocycles. The molecular weight excluding hydrogens is 283 g/mol. The van der Waals surface area contributed by atoms with E-state index >= 15 is 0 Å². The van der Waals surface area contributed by atoms with E-state index in [9.17, 15) is 9.18 Å². The lowest BCUT2D eigenvalue weighted by Crippen LogP contribution is -2.11. The molecule has 0 unspecified atom stereocenters. The lowest BCUT2D eigenvalue weighted by molar-refractivity contribution is 0.102. The molecule has 0 radical (unpaired) electrons. The zero-order valence-electron chi connectivity index (χ0n) is 12.0. The van der Waals surface area contributed by atoms with Gasteiger partial charge in [0, 0.05) is 17.8 Å². The van der Waals surface area contributed by atoms with Crippen molar-refractivity contribution in [1.29, 1.82) is 0 Å². The molecular formula is C17H17FN2O2. The zero-order valence-corrected chi connectivity index (χ0v) is 12.0. The van der Waals surface area contributed by atoms with Crippen molar-refractivity contribution in [3.63, 3.8) is 0 Å². The second kappa shape index (κ2) is 7.95. The van der Waals surface area contributed by atoms with Crippen molar-refractivity contribution in [3.05, 3.63) is 72.1 Å². The van der Waals surface area contributed by atoms with Gasteiger partial charge in [0.2, 0.25) is 0 Å². The molecule has 114 valence electrons. The molecule has 2 aromatic carbocycles. The lowest BCUT2D eigenvalue weighted by atomic mass is 10.2. The van der Waals surface area contributed by atoms with E-state index in [-0.39, 0.29) is 19.1 Å². The number of amides is 1. The highest BCUT2D eigenvalue weighted by Crippen LogP contribution is 2.15. The van der Waals surface area contributed by atoms with Crippen LogP contribution < -0.4 is 15.8 Å². The van der Waals surface area contributed by atoms with Gasteiger partial charge in [-0.3, -0.25) is 4.79 Å². The van der Waals surface area contributed by atoms with Crippen molar-refractivity contribution in [3.8, 4) is 5.75 Å². The Bertz CT molecular complexity index is 639. The summed E-state index contributed by atoms with van der Waals surface area (Å²) in [6, 6.07) is 15.7. The molecule has 2 rings (SSSR count). The van der Waals surface area contributed by atoms with Crippen molar-refractivity contribution < 1.29 is 13.9 Å². The second-order valence-electron chi connectivity index (χ2n) is 4.52. The Kier molecular flexibility index (Phi) is 5.68. The van der Waals surface area contributed by atoms with Gasteiger partial charge < -0.3 is 15.8 Å². The van der Waals surface area contributed by atoms with Gasteiger partial charge in [0.15, 0.2) is 0 Å². The van der Waals surface area contributed by atoms with Crippen LogP contribution in [0.3, 0.4) is 0 Å². The Morgan fingerprint density at radius 1 is 1.14 bits per heavy atom. The van der Waals surface area contributed by atoms with Crippen LogP contribution in [-0.4, -0.2) is 19.1 Å². The maximum atomic E-state index is 13.1. The Labute approximate surface area is 128 Å². The van der Waals surface area contributed by atoms with Crippen molar-refractivity contribution in [2.45, 2.75) is 0 Å². The summed E-state index contributed by atoms with van der Waals surface area (Å²) in [4.78, 5) is 12.0. The third-order valence-electron chi connectivity index (χ3n) is 2.86. The Balaban J connectivity index is 1.94. The Morgan fingerprint density at radius 3 is 2.45 bits per heavy atom. The summed E-state index contributed by atoms with van der Waals surface area (Å²) in [6.07, 6.45) is 1.25. The molecule has 4 nitrogen and oxygen atoms in total. The van der Waals surface area contributed by atoms with Crippen LogP contribution in [0.1, 0.15) is 10.4 Å². The molecule has 0 aliphatic rings. The minimum atomic E-state index is -0.423. The molecule has 0 spiro atoms. The number of ether oxygens (including phenoxy) is 1. The topological polar surface area (TPSA) is 64.3 Å². The highest BCUT2D eigenvalue weighted by molar-refractivity contribution is 6.04. The number of benzene rings is 2. The zero-order chi connectivity index (χ0) is 15.8. The highest BCUT2D eigenvalue weighted by Gasteiger charge is 2.06. The number of carbonyl (C=O) groups is 1. The highest BCUT2D eigenvalue weighted by atomic mass is 19.1. The van der Waals surface area contributed by atoms with E-state index < -0.39 is 5.83 Å². The fraction of sp³-hybridized carbons (Fsp3) is 0.118. The van der Waals surface area contributed by atoms with Crippen LogP contribution in [0, 0.1) is 0 Å². The van der Waals surface area contributed by atoms with Gasteiger partial charge in [0.05, 0.1) is 0 Å². The number of anilines is 1. The summed E-state index contributed by atoms with van der Waals surface area (Å²) >= 11 is 0. The van der Waals surface area contributed by atoms with E-state index in [4.69, 9.17) is 10.5 Å². The maximum Gasteiger partial charge on any atom is 0.255 e. The largest absolute Gasteiger partial charge is 0.487 e. The monoisotopic (exact) mass is 300 g/mol. The van der Waals surface area contributed by atoms with Crippen molar-refractivity contribution in [2.75, 3.05) is 18.5 Å². The second-order valence-corrected chi connectivity index (χ2v) is 4.52. The molecule has 0 fully saturated rings. The molecule has 0 aliphatic heterocycles. The first-order chi connectivity index (χ1) is 10.7. The average molecular weight is 300 g/mol. The van der Waals surface area contributed by atoms with Gasteiger partial charge in [-0.05, 0) is 42.5 Å². The van der Waals surface area contributed by atoms with Crippen molar-refractivity contribution >= 4 is 11.6 Å². The molecule has 2 aromatic rings. The number of nitrogens with one attached hydrogen (secondary N) is 1. The Morgan fingerprint density at radius 2 is 1.82 bits per heavy atom. The summed E-state index contributed by atoms with van der Waals surface area (Å²) in [5, 5.41) is 2.78. The number of hydrogen-bond donors (Lipinski definition) is 2. The normalized spacial score (nSPS) is 11.1. The van der Waals surface area contributed by atoms with Gasteiger partial charge in [0.1, 0.15) is 18.2 Å². The fourth-order valence-corrected chi connectivity index (χ4v) is 1.77. The van der Waals surface area contributed by atoms with E-state index in [1.165, 1.54) is 6.08 Å². The third kappa shape index (κ3) is 4.71. The summed E-state index contributed by atoms with van der Waals surface area (Å²) in [7, 11) is 0. The Hall–Kier alpha value is -2.66. The van der Waals surface area contributed by atoms with Crippen molar-refractivity contribution in [1.82, 2.24) is 0 Å². The first-order valence-corrected chi connectivity index (χ1v) is 6.83. The quantitative estimate of drug-likeness (QED) is 0.861. The number of carbonyl (C=O) groups excluding carboxylic acids is 1. The van der Waals surface area contributed by atoms with Crippen LogP contribution in [0.4, 0.5) is 10.1 Å². The summed E-state index contributed by atoms with van der Waals surface area (Å²) < 4.78 is 18.4. The van der Waals surface area contributed by atoms with Gasteiger partial charge in [0.25, 0.3) is 5.91 Å². The third-order valence-corrected chi connectivity index (χ3v) is 2.86. The predicted molar refractivity (Wildman–Crippen MR) is 84.6 cm³/mol. The molecule has 22 heavy (non-hydrogen) atoms. The number of hydrogen-bond acceptors (Lipinski definition) is 3. The summed E-state index contributed by atoms with van der Waals surface area (Å²) in [5.41, 5.74) is 6.42. The molecule has 5 heteroatoms. The summed E-state index contributed by atoms with van der Waals surface area (Å²) in [6.45, 7) is -0.0411. The first kappa shape index (κ1) is 15.7. The number of rotatable bonds is 6. The van der Waals surface area contributed by atoms with Crippen LogP contribution in [0.15, 0.2) is 66.5 Å². The van der Waals surface area contributed by atoms with E-state index in [0.29, 0.717) is 11.3 Å². The molecule has 0 saturated heterocycles. The minimum absolute atomic E-state index is 0.133. The molecule has 3 N–H and O–H groups in total. The first-order valence-electron chi connectivity index (χ1n) is 6.83. The molecule has 0 atom stereocenters. The molecule has 0 saturated carbocycles. The van der Waals surface area contributed by atoms with E-state index in [1.807, 2.05) is 30.3 Å².